The van der Waals surface area contributed by atoms with Crippen LogP contribution < -0.4 is 5.73 Å². The van der Waals surface area contributed by atoms with Crippen molar-refractivity contribution < 1.29 is 4.52 Å². The average Bonchev–Trinajstić information content (AvgIpc) is 2.61. The third-order valence-corrected chi connectivity index (χ3v) is 3.12. The Balaban J connectivity index is 2.56. The molecule has 0 aliphatic carbocycles. The van der Waals surface area contributed by atoms with Gasteiger partial charge in [0, 0.05) is 0 Å². The van der Waals surface area contributed by atoms with Gasteiger partial charge in [-0.1, -0.05) is 32.9 Å². The Kier molecular flexibility index (Phi) is 4.60. The van der Waals surface area contributed by atoms with Gasteiger partial charge in [0.1, 0.15) is 0 Å². The van der Waals surface area contributed by atoms with E-state index < -0.39 is 0 Å². The lowest BCUT2D eigenvalue weighted by Crippen LogP contribution is -2.17. The normalized spacial score (nSPS) is 13.8. The van der Waals surface area contributed by atoms with E-state index in [9.17, 15) is 0 Å². The Morgan fingerprint density at radius 2 is 2.00 bits per heavy atom. The molecule has 1 aromatic rings. The van der Waals surface area contributed by atoms with Crippen LogP contribution in [0, 0.1) is 5.92 Å². The van der Waals surface area contributed by atoms with Crippen LogP contribution in [0.3, 0.4) is 0 Å². The van der Waals surface area contributed by atoms with Gasteiger partial charge in [-0.25, -0.2) is 0 Å². The first-order chi connectivity index (χ1) is 7.00. The molecule has 0 radical (unpaired) electrons. The summed E-state index contributed by atoms with van der Waals surface area (Å²) in [6, 6.07) is -0.157. The molecule has 15 heavy (non-hydrogen) atoms. The van der Waals surface area contributed by atoms with Gasteiger partial charge in [-0.3, -0.25) is 0 Å². The Bertz CT molecular complexity index is 299. The molecular weight excluding hydrogens is 210 g/mol. The van der Waals surface area contributed by atoms with Crippen molar-refractivity contribution in [1.82, 2.24) is 10.1 Å². The Morgan fingerprint density at radius 3 is 2.53 bits per heavy atom. The van der Waals surface area contributed by atoms with Gasteiger partial charge in [-0.15, -0.1) is 0 Å². The summed E-state index contributed by atoms with van der Waals surface area (Å²) >= 11 is 1.79. The zero-order chi connectivity index (χ0) is 11.4. The largest absolute Gasteiger partial charge is 0.338 e. The molecule has 1 heterocycles. The monoisotopic (exact) mass is 229 g/mol. The Morgan fingerprint density at radius 1 is 1.33 bits per heavy atom. The van der Waals surface area contributed by atoms with Gasteiger partial charge in [0.05, 0.1) is 11.8 Å². The second kappa shape index (κ2) is 5.51. The van der Waals surface area contributed by atoms with E-state index >= 15 is 0 Å². The van der Waals surface area contributed by atoms with Crippen molar-refractivity contribution in [1.29, 1.82) is 0 Å². The lowest BCUT2D eigenvalue weighted by atomic mass is 10.1. The van der Waals surface area contributed by atoms with Crippen molar-refractivity contribution in [3.63, 3.8) is 0 Å². The van der Waals surface area contributed by atoms with Crippen LogP contribution in [0.4, 0.5) is 0 Å². The first kappa shape index (κ1) is 12.5. The fourth-order valence-corrected chi connectivity index (χ4v) is 1.59. The summed E-state index contributed by atoms with van der Waals surface area (Å²) in [6.45, 7) is 8.37. The highest BCUT2D eigenvalue weighted by Crippen LogP contribution is 2.19. The van der Waals surface area contributed by atoms with Crippen molar-refractivity contribution >= 4 is 11.8 Å². The molecule has 1 aromatic heterocycles. The zero-order valence-corrected chi connectivity index (χ0v) is 10.5. The predicted octanol–water partition coefficient (Wildman–Crippen LogP) is 2.37. The summed E-state index contributed by atoms with van der Waals surface area (Å²) < 4.78 is 5.12. The minimum Gasteiger partial charge on any atom is -0.338 e. The van der Waals surface area contributed by atoms with Crippen LogP contribution in [-0.2, 0) is 5.75 Å². The highest BCUT2D eigenvalue weighted by molar-refractivity contribution is 7.99. The Hall–Kier alpha value is -0.550. The van der Waals surface area contributed by atoms with Crippen molar-refractivity contribution in [2.75, 3.05) is 0 Å². The maximum absolute atomic E-state index is 5.90. The van der Waals surface area contributed by atoms with Gasteiger partial charge in [0.2, 0.25) is 5.89 Å². The lowest BCUT2D eigenvalue weighted by molar-refractivity contribution is 0.323. The van der Waals surface area contributed by atoms with Crippen LogP contribution in [0.15, 0.2) is 4.52 Å². The molecule has 1 rings (SSSR count). The van der Waals surface area contributed by atoms with E-state index in [0.29, 0.717) is 17.1 Å². The minimum absolute atomic E-state index is 0.157. The molecule has 2 N–H and O–H groups in total. The summed E-state index contributed by atoms with van der Waals surface area (Å²) in [5.74, 6) is 2.38. The molecule has 1 atom stereocenters. The number of hydrogen-bond acceptors (Lipinski definition) is 5. The molecule has 0 spiro atoms. The molecule has 0 aliphatic rings. The lowest BCUT2D eigenvalue weighted by Gasteiger charge is -2.09. The van der Waals surface area contributed by atoms with Gasteiger partial charge in [0.15, 0.2) is 5.82 Å². The zero-order valence-electron chi connectivity index (χ0n) is 9.73. The van der Waals surface area contributed by atoms with Crippen molar-refractivity contribution in [2.24, 2.45) is 11.7 Å². The summed E-state index contributed by atoms with van der Waals surface area (Å²) in [5, 5.41) is 4.48. The van der Waals surface area contributed by atoms with Crippen LogP contribution >= 0.6 is 11.8 Å². The highest BCUT2D eigenvalue weighted by Gasteiger charge is 2.17. The minimum atomic E-state index is -0.157. The summed E-state index contributed by atoms with van der Waals surface area (Å²) in [5.41, 5.74) is 5.90. The third-order valence-electron chi connectivity index (χ3n) is 2.03. The van der Waals surface area contributed by atoms with Crippen molar-refractivity contribution in [2.45, 2.75) is 44.7 Å². The highest BCUT2D eigenvalue weighted by atomic mass is 32.2. The first-order valence-electron chi connectivity index (χ1n) is 5.20. The summed E-state index contributed by atoms with van der Waals surface area (Å²) in [6.07, 6.45) is 0. The van der Waals surface area contributed by atoms with Crippen LogP contribution in [-0.4, -0.2) is 15.4 Å². The molecule has 5 heteroatoms. The number of nitrogens with two attached hydrogens (primary N) is 1. The Labute approximate surface area is 95.0 Å². The summed E-state index contributed by atoms with van der Waals surface area (Å²) in [4.78, 5) is 4.28. The molecule has 1 unspecified atom stereocenters. The quantitative estimate of drug-likeness (QED) is 0.839. The first-order valence-corrected chi connectivity index (χ1v) is 6.25. The molecular formula is C10H19N3OS. The average molecular weight is 229 g/mol. The van der Waals surface area contributed by atoms with Gasteiger partial charge >= 0.3 is 0 Å². The number of aromatic nitrogens is 2. The van der Waals surface area contributed by atoms with E-state index in [1.807, 2.05) is 13.8 Å². The van der Waals surface area contributed by atoms with E-state index in [1.54, 1.807) is 11.8 Å². The molecule has 0 saturated carbocycles. The molecule has 0 aliphatic heterocycles. The molecule has 0 bridgehead atoms. The topological polar surface area (TPSA) is 64.9 Å². The van der Waals surface area contributed by atoms with E-state index in [0.717, 1.165) is 11.6 Å². The number of thioether (sulfide) groups is 1. The number of nitrogens with zero attached hydrogens (tertiary/aromatic N) is 2. The second-order valence-corrected chi connectivity index (χ2v) is 5.74. The van der Waals surface area contributed by atoms with E-state index in [-0.39, 0.29) is 6.04 Å². The number of hydrogen-bond donors (Lipinski definition) is 1. The van der Waals surface area contributed by atoms with E-state index in [2.05, 4.69) is 24.0 Å². The molecule has 0 amide bonds. The van der Waals surface area contributed by atoms with E-state index in [4.69, 9.17) is 10.3 Å². The molecule has 0 fully saturated rings. The summed E-state index contributed by atoms with van der Waals surface area (Å²) in [7, 11) is 0. The SMILES string of the molecule is CC(C)SCc1noc(C(N)C(C)C)n1. The second-order valence-electron chi connectivity index (χ2n) is 4.18. The van der Waals surface area contributed by atoms with Crippen LogP contribution in [0.5, 0.6) is 0 Å². The molecule has 0 saturated heterocycles. The standard InChI is InChI=1S/C10H19N3OS/c1-6(2)9(11)10-12-8(13-14-10)5-15-7(3)4/h6-7,9H,5,11H2,1-4H3. The van der Waals surface area contributed by atoms with Crippen molar-refractivity contribution in [3.05, 3.63) is 11.7 Å². The fourth-order valence-electron chi connectivity index (χ4n) is 0.988. The maximum atomic E-state index is 5.90. The van der Waals surface area contributed by atoms with E-state index in [1.165, 1.54) is 0 Å². The molecule has 86 valence electrons. The smallest absolute Gasteiger partial charge is 0.243 e. The third kappa shape index (κ3) is 3.83. The molecule has 4 nitrogen and oxygen atoms in total. The maximum Gasteiger partial charge on any atom is 0.243 e. The van der Waals surface area contributed by atoms with Gasteiger partial charge < -0.3 is 10.3 Å². The molecule has 0 aromatic carbocycles. The van der Waals surface area contributed by atoms with Crippen LogP contribution in [0.2, 0.25) is 0 Å². The number of rotatable bonds is 5. The predicted molar refractivity (Wildman–Crippen MR) is 62.5 cm³/mol. The fraction of sp³-hybridized carbons (Fsp3) is 0.800. The van der Waals surface area contributed by atoms with Crippen LogP contribution in [0.25, 0.3) is 0 Å². The van der Waals surface area contributed by atoms with Crippen LogP contribution in [0.1, 0.15) is 45.5 Å². The van der Waals surface area contributed by atoms with Crippen molar-refractivity contribution in [3.8, 4) is 0 Å². The van der Waals surface area contributed by atoms with Gasteiger partial charge in [-0.05, 0) is 11.2 Å². The van der Waals surface area contributed by atoms with Gasteiger partial charge in [0.25, 0.3) is 0 Å². The van der Waals surface area contributed by atoms with Gasteiger partial charge in [-0.2, -0.15) is 16.7 Å².